The molecule has 0 aliphatic carbocycles. The van der Waals surface area contributed by atoms with Crippen molar-refractivity contribution in [3.8, 4) is 0 Å². The highest BCUT2D eigenvalue weighted by Gasteiger charge is 2.15. The minimum Gasteiger partial charge on any atom is -0.306 e. The molecule has 1 N–H and O–H groups in total. The number of benzene rings is 1. The monoisotopic (exact) mass is 343 g/mol. The van der Waals surface area contributed by atoms with Gasteiger partial charge in [-0.05, 0) is 58.7 Å². The van der Waals surface area contributed by atoms with E-state index >= 15 is 0 Å². The Balaban J connectivity index is 2.30. The molecule has 1 aromatic heterocycles. The summed E-state index contributed by atoms with van der Waals surface area (Å²) in [6, 6.07) is 12.5. The maximum Gasteiger partial charge on any atom is 0.0702 e. The molecule has 0 amide bonds. The molecule has 0 aliphatic heterocycles. The summed E-state index contributed by atoms with van der Waals surface area (Å²) in [5, 5.41) is 4.36. The molecule has 96 valence electrons. The minimum atomic E-state index is 0.222. The Kier molecular flexibility index (Phi) is 5.25. The highest BCUT2D eigenvalue weighted by atomic mass is 79.9. The lowest BCUT2D eigenvalue weighted by molar-refractivity contribution is 0.606. The number of rotatable bonds is 5. The van der Waals surface area contributed by atoms with Gasteiger partial charge in [0.1, 0.15) is 0 Å². The van der Waals surface area contributed by atoms with Crippen molar-refractivity contribution in [3.05, 3.63) is 55.6 Å². The van der Waals surface area contributed by atoms with Gasteiger partial charge in [0.2, 0.25) is 0 Å². The van der Waals surface area contributed by atoms with Crippen molar-refractivity contribution in [3.63, 3.8) is 0 Å². The second kappa shape index (κ2) is 6.71. The summed E-state index contributed by atoms with van der Waals surface area (Å²) in [4.78, 5) is 1.30. The fourth-order valence-electron chi connectivity index (χ4n) is 1.84. The molecule has 1 nitrogen and oxygen atoms in total. The van der Waals surface area contributed by atoms with E-state index in [2.05, 4.69) is 46.4 Å². The standard InChI is InChI=1S/C14H15BrClNS/c1-2-8-17-14(12-6-7-13(15)18-12)10-4-3-5-11(16)9-10/h3-7,9,14,17H,2,8H2,1H3. The molecule has 0 bridgehead atoms. The molecule has 0 radical (unpaired) electrons. The van der Waals surface area contributed by atoms with E-state index in [1.807, 2.05) is 18.2 Å². The first-order valence-corrected chi connectivity index (χ1v) is 7.93. The molecule has 2 rings (SSSR count). The van der Waals surface area contributed by atoms with Gasteiger partial charge in [-0.15, -0.1) is 11.3 Å². The summed E-state index contributed by atoms with van der Waals surface area (Å²) in [7, 11) is 0. The molecule has 0 saturated carbocycles. The average Bonchev–Trinajstić information content (AvgIpc) is 2.76. The first kappa shape index (κ1) is 14.1. The third kappa shape index (κ3) is 3.58. The topological polar surface area (TPSA) is 12.0 Å². The molecule has 2 aromatic rings. The van der Waals surface area contributed by atoms with Gasteiger partial charge in [0.25, 0.3) is 0 Å². The van der Waals surface area contributed by atoms with Gasteiger partial charge >= 0.3 is 0 Å². The van der Waals surface area contributed by atoms with Crippen LogP contribution in [0.3, 0.4) is 0 Å². The normalized spacial score (nSPS) is 12.6. The van der Waals surface area contributed by atoms with Crippen LogP contribution in [-0.4, -0.2) is 6.54 Å². The second-order valence-corrected chi connectivity index (χ2v) is 7.02. The van der Waals surface area contributed by atoms with Crippen LogP contribution in [0.5, 0.6) is 0 Å². The van der Waals surface area contributed by atoms with E-state index in [-0.39, 0.29) is 6.04 Å². The summed E-state index contributed by atoms with van der Waals surface area (Å²) in [6.07, 6.45) is 1.11. The van der Waals surface area contributed by atoms with Gasteiger partial charge in [-0.3, -0.25) is 0 Å². The molecule has 1 aromatic carbocycles. The van der Waals surface area contributed by atoms with Gasteiger partial charge in [0, 0.05) is 9.90 Å². The van der Waals surface area contributed by atoms with Crippen LogP contribution in [0.25, 0.3) is 0 Å². The van der Waals surface area contributed by atoms with Crippen LogP contribution < -0.4 is 5.32 Å². The van der Waals surface area contributed by atoms with E-state index in [1.54, 1.807) is 11.3 Å². The fourth-order valence-corrected chi connectivity index (χ4v) is 3.57. The van der Waals surface area contributed by atoms with Crippen LogP contribution >= 0.6 is 38.9 Å². The maximum atomic E-state index is 6.08. The first-order chi connectivity index (χ1) is 8.70. The van der Waals surface area contributed by atoms with Crippen LogP contribution in [0.15, 0.2) is 40.2 Å². The Morgan fingerprint density at radius 1 is 1.33 bits per heavy atom. The molecule has 4 heteroatoms. The Hall–Kier alpha value is -0.350. The molecule has 0 aliphatic rings. The van der Waals surface area contributed by atoms with Crippen molar-refractivity contribution in [1.29, 1.82) is 0 Å². The summed E-state index contributed by atoms with van der Waals surface area (Å²) in [5.41, 5.74) is 1.21. The second-order valence-electron chi connectivity index (χ2n) is 4.08. The molecule has 1 atom stereocenters. The first-order valence-electron chi connectivity index (χ1n) is 5.94. The van der Waals surface area contributed by atoms with Crippen molar-refractivity contribution >= 4 is 38.9 Å². The third-order valence-electron chi connectivity index (χ3n) is 2.66. The third-order valence-corrected chi connectivity index (χ3v) is 4.58. The van der Waals surface area contributed by atoms with Crippen LogP contribution in [0.4, 0.5) is 0 Å². The van der Waals surface area contributed by atoms with E-state index in [9.17, 15) is 0 Å². The fraction of sp³-hybridized carbons (Fsp3) is 0.286. The van der Waals surface area contributed by atoms with Gasteiger partial charge < -0.3 is 5.32 Å². The Bertz CT molecular complexity index is 512. The van der Waals surface area contributed by atoms with Gasteiger partial charge in [-0.2, -0.15) is 0 Å². The average molecular weight is 345 g/mol. The van der Waals surface area contributed by atoms with Gasteiger partial charge in [0.05, 0.1) is 9.83 Å². The van der Waals surface area contributed by atoms with E-state index in [0.717, 1.165) is 21.8 Å². The predicted molar refractivity (Wildman–Crippen MR) is 83.6 cm³/mol. The zero-order valence-electron chi connectivity index (χ0n) is 10.1. The lowest BCUT2D eigenvalue weighted by atomic mass is 10.1. The number of nitrogens with one attached hydrogen (secondary N) is 1. The van der Waals surface area contributed by atoms with E-state index in [1.165, 1.54) is 10.4 Å². The molecule has 0 fully saturated rings. The number of hydrogen-bond donors (Lipinski definition) is 1. The van der Waals surface area contributed by atoms with E-state index in [4.69, 9.17) is 11.6 Å². The SMILES string of the molecule is CCCNC(c1cccc(Cl)c1)c1ccc(Br)s1. The summed E-state index contributed by atoms with van der Waals surface area (Å²) < 4.78 is 1.16. The summed E-state index contributed by atoms with van der Waals surface area (Å²) >= 11 is 11.4. The lowest BCUT2D eigenvalue weighted by Gasteiger charge is -2.17. The number of thiophene rings is 1. The van der Waals surface area contributed by atoms with Crippen molar-refractivity contribution in [2.75, 3.05) is 6.54 Å². The Labute approximate surface area is 125 Å². The quantitative estimate of drug-likeness (QED) is 0.781. The predicted octanol–water partition coefficient (Wildman–Crippen LogP) is 5.25. The van der Waals surface area contributed by atoms with Crippen molar-refractivity contribution < 1.29 is 0 Å². The minimum absolute atomic E-state index is 0.222. The Morgan fingerprint density at radius 3 is 2.78 bits per heavy atom. The number of hydrogen-bond acceptors (Lipinski definition) is 2. The van der Waals surface area contributed by atoms with Crippen LogP contribution in [-0.2, 0) is 0 Å². The smallest absolute Gasteiger partial charge is 0.0702 e. The van der Waals surface area contributed by atoms with Crippen LogP contribution in [0.2, 0.25) is 5.02 Å². The Morgan fingerprint density at radius 2 is 2.17 bits per heavy atom. The summed E-state index contributed by atoms with van der Waals surface area (Å²) in [5.74, 6) is 0. The molecular weight excluding hydrogens is 330 g/mol. The molecule has 18 heavy (non-hydrogen) atoms. The zero-order chi connectivity index (χ0) is 13.0. The molecular formula is C14H15BrClNS. The van der Waals surface area contributed by atoms with Crippen LogP contribution in [0.1, 0.15) is 29.8 Å². The zero-order valence-corrected chi connectivity index (χ0v) is 13.3. The molecule has 0 saturated heterocycles. The molecule has 1 unspecified atom stereocenters. The van der Waals surface area contributed by atoms with Crippen molar-refractivity contribution in [1.82, 2.24) is 5.32 Å². The highest BCUT2D eigenvalue weighted by molar-refractivity contribution is 9.11. The van der Waals surface area contributed by atoms with E-state index < -0.39 is 0 Å². The maximum absolute atomic E-state index is 6.08. The van der Waals surface area contributed by atoms with Crippen LogP contribution in [0, 0.1) is 0 Å². The van der Waals surface area contributed by atoms with Gasteiger partial charge in [-0.25, -0.2) is 0 Å². The number of halogens is 2. The highest BCUT2D eigenvalue weighted by Crippen LogP contribution is 2.32. The van der Waals surface area contributed by atoms with Crippen molar-refractivity contribution in [2.24, 2.45) is 0 Å². The van der Waals surface area contributed by atoms with Crippen molar-refractivity contribution in [2.45, 2.75) is 19.4 Å². The lowest BCUT2D eigenvalue weighted by Crippen LogP contribution is -2.22. The van der Waals surface area contributed by atoms with Gasteiger partial charge in [-0.1, -0.05) is 30.7 Å². The summed E-state index contributed by atoms with van der Waals surface area (Å²) in [6.45, 7) is 3.17. The largest absolute Gasteiger partial charge is 0.306 e. The molecule has 0 spiro atoms. The van der Waals surface area contributed by atoms with E-state index in [0.29, 0.717) is 0 Å². The molecule has 1 heterocycles. The van der Waals surface area contributed by atoms with Gasteiger partial charge in [0.15, 0.2) is 0 Å².